The fourth-order valence-corrected chi connectivity index (χ4v) is 1.18. The number of pyridine rings is 1. The van der Waals surface area contributed by atoms with Crippen LogP contribution in [0, 0.1) is 0 Å². The quantitative estimate of drug-likeness (QED) is 0.498. The molecule has 1 atom stereocenters. The van der Waals surface area contributed by atoms with Crippen LogP contribution in [0.2, 0.25) is 0 Å². The van der Waals surface area contributed by atoms with E-state index in [2.05, 4.69) is 15.7 Å². The molecule has 1 aromatic rings. The molecule has 6 heteroatoms. The number of aromatic nitrogens is 1. The summed E-state index contributed by atoms with van der Waals surface area (Å²) < 4.78 is 0. The van der Waals surface area contributed by atoms with Crippen molar-refractivity contribution in [1.29, 1.82) is 0 Å². The van der Waals surface area contributed by atoms with Crippen molar-refractivity contribution in [2.75, 3.05) is 26.1 Å². The number of rotatable bonds is 5. The van der Waals surface area contributed by atoms with Crippen molar-refractivity contribution < 1.29 is 4.79 Å². The van der Waals surface area contributed by atoms with Crippen LogP contribution >= 0.6 is 0 Å². The molecule has 1 unspecified atom stereocenters. The monoisotopic (exact) mass is 237 g/mol. The second-order valence-corrected chi connectivity index (χ2v) is 4.10. The summed E-state index contributed by atoms with van der Waals surface area (Å²) >= 11 is 0. The van der Waals surface area contributed by atoms with Crippen LogP contribution < -0.4 is 16.6 Å². The van der Waals surface area contributed by atoms with Gasteiger partial charge < -0.3 is 15.6 Å². The zero-order valence-electron chi connectivity index (χ0n) is 10.4. The Labute approximate surface area is 101 Å². The average molecular weight is 237 g/mol. The molecule has 1 amide bonds. The number of carbonyl (C=O) groups excluding carboxylic acids is 1. The predicted molar refractivity (Wildman–Crippen MR) is 67.5 cm³/mol. The third kappa shape index (κ3) is 4.01. The lowest BCUT2D eigenvalue weighted by atomic mass is 10.2. The first-order valence-corrected chi connectivity index (χ1v) is 5.42. The van der Waals surface area contributed by atoms with E-state index in [1.165, 1.54) is 0 Å². The Bertz CT molecular complexity index is 380. The first-order chi connectivity index (χ1) is 8.04. The Balaban J connectivity index is 2.57. The van der Waals surface area contributed by atoms with Gasteiger partial charge in [-0.25, -0.2) is 10.8 Å². The normalized spacial score (nSPS) is 12.3. The number of nitrogens with zero attached hydrogens (tertiary/aromatic N) is 2. The van der Waals surface area contributed by atoms with Crippen molar-refractivity contribution in [3.63, 3.8) is 0 Å². The first kappa shape index (κ1) is 13.4. The Hall–Kier alpha value is -1.66. The van der Waals surface area contributed by atoms with Crippen molar-refractivity contribution in [2.24, 2.45) is 5.84 Å². The molecule has 1 rings (SSSR count). The van der Waals surface area contributed by atoms with Gasteiger partial charge in [-0.2, -0.15) is 0 Å². The lowest BCUT2D eigenvalue weighted by Crippen LogP contribution is -2.38. The van der Waals surface area contributed by atoms with E-state index in [1.54, 1.807) is 18.3 Å². The maximum Gasteiger partial charge on any atom is 0.251 e. The third-order valence-corrected chi connectivity index (χ3v) is 2.61. The Morgan fingerprint density at radius 2 is 2.29 bits per heavy atom. The number of nitrogens with one attached hydrogen (secondary N) is 2. The van der Waals surface area contributed by atoms with Gasteiger partial charge in [-0.1, -0.05) is 0 Å². The number of hydrogen-bond donors (Lipinski definition) is 3. The Morgan fingerprint density at radius 3 is 2.88 bits per heavy atom. The molecule has 4 N–H and O–H groups in total. The van der Waals surface area contributed by atoms with Crippen LogP contribution in [0.15, 0.2) is 18.3 Å². The molecule has 0 saturated heterocycles. The Morgan fingerprint density at radius 1 is 1.59 bits per heavy atom. The molecule has 0 bridgehead atoms. The summed E-state index contributed by atoms with van der Waals surface area (Å²) in [5.74, 6) is 5.57. The highest BCUT2D eigenvalue weighted by Gasteiger charge is 2.09. The number of anilines is 1. The minimum absolute atomic E-state index is 0.127. The summed E-state index contributed by atoms with van der Waals surface area (Å²) in [6.45, 7) is 2.64. The highest BCUT2D eigenvalue weighted by Crippen LogP contribution is 2.05. The molecule has 6 nitrogen and oxygen atoms in total. The Kier molecular flexibility index (Phi) is 4.86. The van der Waals surface area contributed by atoms with Crippen LogP contribution in [-0.4, -0.2) is 42.5 Å². The van der Waals surface area contributed by atoms with E-state index >= 15 is 0 Å². The average Bonchev–Trinajstić information content (AvgIpc) is 2.35. The predicted octanol–water partition coefficient (Wildman–Crippen LogP) is 0.0471. The summed E-state index contributed by atoms with van der Waals surface area (Å²) in [5, 5.41) is 2.85. The summed E-state index contributed by atoms with van der Waals surface area (Å²) in [5.41, 5.74) is 2.95. The van der Waals surface area contributed by atoms with E-state index in [9.17, 15) is 4.79 Å². The second-order valence-electron chi connectivity index (χ2n) is 4.10. The molecular formula is C11H19N5O. The summed E-state index contributed by atoms with van der Waals surface area (Å²) in [6.07, 6.45) is 1.54. The molecule has 0 aromatic carbocycles. The number of likely N-dealkylation sites (N-methyl/N-ethyl adjacent to an activating group) is 1. The highest BCUT2D eigenvalue weighted by atomic mass is 16.1. The molecular weight excluding hydrogens is 218 g/mol. The molecule has 0 radical (unpaired) electrons. The minimum atomic E-state index is -0.127. The molecule has 1 aromatic heterocycles. The van der Waals surface area contributed by atoms with E-state index in [0.29, 0.717) is 17.9 Å². The highest BCUT2D eigenvalue weighted by molar-refractivity contribution is 5.94. The first-order valence-electron chi connectivity index (χ1n) is 5.42. The van der Waals surface area contributed by atoms with Gasteiger partial charge in [-0.05, 0) is 33.2 Å². The van der Waals surface area contributed by atoms with Gasteiger partial charge in [0.2, 0.25) is 0 Å². The lowest BCUT2D eigenvalue weighted by molar-refractivity contribution is 0.0943. The molecule has 0 fully saturated rings. The van der Waals surface area contributed by atoms with Crippen LogP contribution in [0.1, 0.15) is 17.3 Å². The number of nitrogens with two attached hydrogens (primary N) is 1. The van der Waals surface area contributed by atoms with Crippen LogP contribution in [0.4, 0.5) is 5.82 Å². The van der Waals surface area contributed by atoms with E-state index in [0.717, 1.165) is 0 Å². The van der Waals surface area contributed by atoms with Gasteiger partial charge in [0, 0.05) is 24.3 Å². The molecule has 0 aliphatic heterocycles. The van der Waals surface area contributed by atoms with Gasteiger partial charge >= 0.3 is 0 Å². The molecule has 0 aliphatic carbocycles. The van der Waals surface area contributed by atoms with E-state index in [-0.39, 0.29) is 11.9 Å². The fraction of sp³-hybridized carbons (Fsp3) is 0.455. The van der Waals surface area contributed by atoms with Gasteiger partial charge in [-0.15, -0.1) is 0 Å². The van der Waals surface area contributed by atoms with Crippen LogP contribution in [-0.2, 0) is 0 Å². The molecule has 0 spiro atoms. The van der Waals surface area contributed by atoms with E-state index in [1.807, 2.05) is 25.9 Å². The third-order valence-electron chi connectivity index (χ3n) is 2.61. The maximum absolute atomic E-state index is 11.8. The molecule has 0 aliphatic rings. The fourth-order valence-electron chi connectivity index (χ4n) is 1.18. The van der Waals surface area contributed by atoms with Gasteiger partial charge in [-0.3, -0.25) is 4.79 Å². The van der Waals surface area contributed by atoms with Crippen LogP contribution in [0.5, 0.6) is 0 Å². The number of amides is 1. The van der Waals surface area contributed by atoms with Gasteiger partial charge in [0.25, 0.3) is 5.91 Å². The summed E-state index contributed by atoms with van der Waals surface area (Å²) in [4.78, 5) is 17.8. The zero-order valence-corrected chi connectivity index (χ0v) is 10.4. The van der Waals surface area contributed by atoms with Gasteiger partial charge in [0.15, 0.2) is 0 Å². The van der Waals surface area contributed by atoms with Crippen molar-refractivity contribution >= 4 is 11.7 Å². The SMILES string of the molecule is CC(CNC(=O)c1ccnc(NN)c1)N(C)C. The van der Waals surface area contributed by atoms with Gasteiger partial charge in [0.05, 0.1) is 0 Å². The van der Waals surface area contributed by atoms with Crippen molar-refractivity contribution in [3.8, 4) is 0 Å². The lowest BCUT2D eigenvalue weighted by Gasteiger charge is -2.19. The van der Waals surface area contributed by atoms with Gasteiger partial charge in [0.1, 0.15) is 5.82 Å². The van der Waals surface area contributed by atoms with E-state index in [4.69, 9.17) is 5.84 Å². The van der Waals surface area contributed by atoms with E-state index < -0.39 is 0 Å². The smallest absolute Gasteiger partial charge is 0.251 e. The minimum Gasteiger partial charge on any atom is -0.350 e. The second kappa shape index (κ2) is 6.17. The summed E-state index contributed by atoms with van der Waals surface area (Å²) in [7, 11) is 3.94. The number of carbonyl (C=O) groups is 1. The van der Waals surface area contributed by atoms with Crippen molar-refractivity contribution in [3.05, 3.63) is 23.9 Å². The van der Waals surface area contributed by atoms with Crippen LogP contribution in [0.25, 0.3) is 0 Å². The topological polar surface area (TPSA) is 83.3 Å². The van der Waals surface area contributed by atoms with Crippen molar-refractivity contribution in [2.45, 2.75) is 13.0 Å². The maximum atomic E-state index is 11.8. The van der Waals surface area contributed by atoms with Crippen molar-refractivity contribution in [1.82, 2.24) is 15.2 Å². The molecule has 0 saturated carbocycles. The zero-order chi connectivity index (χ0) is 12.8. The molecule has 17 heavy (non-hydrogen) atoms. The summed E-state index contributed by atoms with van der Waals surface area (Å²) in [6, 6.07) is 3.54. The molecule has 94 valence electrons. The number of nitrogen functional groups attached to an aromatic ring is 1. The largest absolute Gasteiger partial charge is 0.350 e. The standard InChI is InChI=1S/C11H19N5O/c1-8(16(2)3)7-14-11(17)9-4-5-13-10(6-9)15-12/h4-6,8H,7,12H2,1-3H3,(H,13,15)(H,14,17). The number of hydrogen-bond acceptors (Lipinski definition) is 5. The molecule has 1 heterocycles. The number of hydrazine groups is 1. The van der Waals surface area contributed by atoms with Crippen LogP contribution in [0.3, 0.4) is 0 Å².